The first-order chi connectivity index (χ1) is 15.5. The molecule has 2 aliphatic heterocycles. The number of hydrogen-bond donors (Lipinski definition) is 2. The average molecular weight is 443 g/mol. The summed E-state index contributed by atoms with van der Waals surface area (Å²) in [5, 5.41) is 3.88. The Kier molecular flexibility index (Phi) is 4.65. The van der Waals surface area contributed by atoms with Crippen LogP contribution in [0.15, 0.2) is 36.7 Å². The number of hydrogen-bond acceptors (Lipinski definition) is 5. The van der Waals surface area contributed by atoms with E-state index in [0.717, 1.165) is 45.2 Å². The second-order valence-corrected chi connectivity index (χ2v) is 9.10. The molecule has 1 aliphatic carbocycles. The van der Waals surface area contributed by atoms with Crippen LogP contribution in [0.1, 0.15) is 29.3 Å². The number of anilines is 1. The van der Waals surface area contributed by atoms with Crippen LogP contribution in [0.25, 0.3) is 11.0 Å². The fourth-order valence-electron chi connectivity index (χ4n) is 5.66. The van der Waals surface area contributed by atoms with Crippen molar-refractivity contribution < 1.29 is 17.9 Å². The maximum absolute atomic E-state index is 13.3. The molecular weight excluding hydrogens is 419 g/mol. The number of rotatable bonds is 3. The normalized spacial score (nSPS) is 28.1. The molecule has 3 aliphatic rings. The predicted molar refractivity (Wildman–Crippen MR) is 113 cm³/mol. The Morgan fingerprint density at radius 1 is 1.09 bits per heavy atom. The summed E-state index contributed by atoms with van der Waals surface area (Å²) in [6, 6.07) is 9.59. The lowest BCUT2D eigenvalue weighted by Gasteiger charge is -2.40. The summed E-state index contributed by atoms with van der Waals surface area (Å²) < 4.78 is 45.5. The van der Waals surface area contributed by atoms with Crippen molar-refractivity contribution in [3.05, 3.63) is 53.5 Å². The first-order valence-corrected chi connectivity index (χ1v) is 11.0. The zero-order chi connectivity index (χ0) is 21.9. The molecule has 6 nitrogen and oxygen atoms in total. The number of halogens is 3. The number of alkyl halides is 3. The van der Waals surface area contributed by atoms with Crippen molar-refractivity contribution in [1.29, 1.82) is 0 Å². The van der Waals surface area contributed by atoms with Crippen molar-refractivity contribution in [2.24, 2.45) is 11.8 Å². The van der Waals surface area contributed by atoms with Gasteiger partial charge in [-0.2, -0.15) is 13.2 Å². The molecule has 2 N–H and O–H groups in total. The highest BCUT2D eigenvalue weighted by atomic mass is 19.4. The highest BCUT2D eigenvalue weighted by Crippen LogP contribution is 2.41. The van der Waals surface area contributed by atoms with Crippen LogP contribution < -0.4 is 5.32 Å². The van der Waals surface area contributed by atoms with Gasteiger partial charge in [0, 0.05) is 31.0 Å². The van der Waals surface area contributed by atoms with Gasteiger partial charge in [0.05, 0.1) is 24.6 Å². The lowest BCUT2D eigenvalue weighted by molar-refractivity contribution is -0.140. The fraction of sp³-hybridized carbons (Fsp3) is 0.478. The van der Waals surface area contributed by atoms with Crippen LogP contribution in [-0.2, 0) is 17.3 Å². The van der Waals surface area contributed by atoms with Crippen LogP contribution in [0.3, 0.4) is 0 Å². The third kappa shape index (κ3) is 3.34. The van der Waals surface area contributed by atoms with Gasteiger partial charge < -0.3 is 15.0 Å². The van der Waals surface area contributed by atoms with E-state index in [4.69, 9.17) is 4.74 Å². The molecule has 9 heteroatoms. The van der Waals surface area contributed by atoms with Crippen molar-refractivity contribution in [3.63, 3.8) is 0 Å². The molecule has 1 aromatic carbocycles. The number of H-pyrrole nitrogens is 1. The van der Waals surface area contributed by atoms with Gasteiger partial charge in [0.15, 0.2) is 0 Å². The molecule has 4 atom stereocenters. The molecule has 2 aromatic heterocycles. The van der Waals surface area contributed by atoms with Gasteiger partial charge in [-0.1, -0.05) is 24.3 Å². The Bertz CT molecular complexity index is 1130. The van der Waals surface area contributed by atoms with Gasteiger partial charge in [0.2, 0.25) is 0 Å². The molecule has 168 valence electrons. The second-order valence-electron chi connectivity index (χ2n) is 9.10. The van der Waals surface area contributed by atoms with Gasteiger partial charge >= 0.3 is 6.18 Å². The topological polar surface area (TPSA) is 66.1 Å². The van der Waals surface area contributed by atoms with Crippen LogP contribution in [-0.4, -0.2) is 52.2 Å². The first-order valence-electron chi connectivity index (χ1n) is 11.0. The molecule has 0 amide bonds. The van der Waals surface area contributed by atoms with Crippen molar-refractivity contribution >= 4 is 16.9 Å². The van der Waals surface area contributed by atoms with Gasteiger partial charge in [-0.15, -0.1) is 0 Å². The van der Waals surface area contributed by atoms with E-state index in [-0.39, 0.29) is 17.7 Å². The SMILES string of the molecule is FC(F)(F)c1cc2c(N[C@@H]3c4ccccc4CC[C@H]3N3CC4COC[C@H]4C3)ncnc2[nH]1. The van der Waals surface area contributed by atoms with Crippen molar-refractivity contribution in [1.82, 2.24) is 19.9 Å². The zero-order valence-electron chi connectivity index (χ0n) is 17.4. The van der Waals surface area contributed by atoms with E-state index in [1.807, 2.05) is 12.1 Å². The minimum atomic E-state index is -4.46. The summed E-state index contributed by atoms with van der Waals surface area (Å²) >= 11 is 0. The maximum Gasteiger partial charge on any atom is 0.431 e. The van der Waals surface area contributed by atoms with Crippen LogP contribution in [0.2, 0.25) is 0 Å². The summed E-state index contributed by atoms with van der Waals surface area (Å²) in [7, 11) is 0. The van der Waals surface area contributed by atoms with E-state index < -0.39 is 11.9 Å². The number of nitrogens with one attached hydrogen (secondary N) is 2. The molecule has 4 heterocycles. The highest BCUT2D eigenvalue weighted by Gasteiger charge is 2.43. The molecule has 32 heavy (non-hydrogen) atoms. The molecule has 3 aromatic rings. The summed E-state index contributed by atoms with van der Waals surface area (Å²) in [5.74, 6) is 1.56. The number of aromatic amines is 1. The van der Waals surface area contributed by atoms with Gasteiger partial charge in [0.25, 0.3) is 0 Å². The monoisotopic (exact) mass is 443 g/mol. The average Bonchev–Trinajstić information content (AvgIpc) is 3.48. The van der Waals surface area contributed by atoms with Gasteiger partial charge in [-0.25, -0.2) is 9.97 Å². The number of nitrogens with zero attached hydrogens (tertiary/aromatic N) is 3. The maximum atomic E-state index is 13.3. The Labute approximate surface area is 183 Å². The molecule has 0 saturated carbocycles. The smallest absolute Gasteiger partial charge is 0.381 e. The van der Waals surface area contributed by atoms with Crippen LogP contribution in [0.4, 0.5) is 19.0 Å². The number of benzene rings is 1. The zero-order valence-corrected chi connectivity index (χ0v) is 17.4. The van der Waals surface area contributed by atoms with Crippen molar-refractivity contribution in [3.8, 4) is 0 Å². The minimum Gasteiger partial charge on any atom is -0.381 e. The largest absolute Gasteiger partial charge is 0.431 e. The minimum absolute atomic E-state index is 0.0676. The van der Waals surface area contributed by atoms with E-state index in [2.05, 4.69) is 37.3 Å². The van der Waals surface area contributed by atoms with E-state index in [1.54, 1.807) is 0 Å². The van der Waals surface area contributed by atoms with Crippen molar-refractivity contribution in [2.45, 2.75) is 31.1 Å². The van der Waals surface area contributed by atoms with E-state index in [1.165, 1.54) is 17.5 Å². The summed E-state index contributed by atoms with van der Waals surface area (Å²) in [4.78, 5) is 13.3. The van der Waals surface area contributed by atoms with Crippen LogP contribution >= 0.6 is 0 Å². The fourth-order valence-corrected chi connectivity index (χ4v) is 5.66. The van der Waals surface area contributed by atoms with Crippen molar-refractivity contribution in [2.75, 3.05) is 31.6 Å². The third-order valence-corrected chi connectivity index (χ3v) is 7.25. The number of likely N-dealkylation sites (tertiary alicyclic amines) is 1. The summed E-state index contributed by atoms with van der Waals surface area (Å²) in [6.45, 7) is 3.63. The lowest BCUT2D eigenvalue weighted by atomic mass is 9.83. The van der Waals surface area contributed by atoms with Gasteiger partial charge in [0.1, 0.15) is 23.5 Å². The Morgan fingerprint density at radius 2 is 1.88 bits per heavy atom. The predicted octanol–water partition coefficient (Wildman–Crippen LogP) is 4.02. The summed E-state index contributed by atoms with van der Waals surface area (Å²) in [6.07, 6.45) is -1.18. The third-order valence-electron chi connectivity index (χ3n) is 7.25. The summed E-state index contributed by atoms with van der Waals surface area (Å²) in [5.41, 5.74) is 1.84. The lowest BCUT2D eigenvalue weighted by Crippen LogP contribution is -2.44. The van der Waals surface area contributed by atoms with E-state index in [0.29, 0.717) is 23.0 Å². The highest BCUT2D eigenvalue weighted by molar-refractivity contribution is 5.88. The number of aryl methyl sites for hydroxylation is 1. The van der Waals surface area contributed by atoms with Crippen LogP contribution in [0.5, 0.6) is 0 Å². The molecule has 0 radical (unpaired) electrons. The van der Waals surface area contributed by atoms with E-state index >= 15 is 0 Å². The molecule has 1 unspecified atom stereocenters. The number of fused-ring (bicyclic) bond motifs is 3. The second kappa shape index (κ2) is 7.45. The quantitative estimate of drug-likeness (QED) is 0.640. The molecule has 2 saturated heterocycles. The Hall–Kier alpha value is -2.65. The van der Waals surface area contributed by atoms with E-state index in [9.17, 15) is 13.2 Å². The molecular formula is C23H24F3N5O. The van der Waals surface area contributed by atoms with Gasteiger partial charge in [-0.3, -0.25) is 4.90 Å². The van der Waals surface area contributed by atoms with Gasteiger partial charge in [-0.05, 0) is 30.0 Å². The Balaban J connectivity index is 1.37. The molecule has 0 bridgehead atoms. The molecule has 2 fully saturated rings. The molecule has 6 rings (SSSR count). The number of ether oxygens (including phenoxy) is 1. The Morgan fingerprint density at radius 3 is 2.66 bits per heavy atom. The number of aromatic nitrogens is 3. The van der Waals surface area contributed by atoms with Crippen LogP contribution in [0, 0.1) is 11.8 Å². The molecule has 0 spiro atoms. The first kappa shape index (κ1) is 20.0. The standard InChI is InChI=1S/C23H24F3N5O/c24-23(25,26)19-7-17-21(29-19)27-12-28-22(17)30-20-16-4-2-1-3-13(16)5-6-18(20)31-8-14-10-32-11-15(14)9-31/h1-4,7,12,14-15,18,20H,5-6,8-11H2,(H2,27,28,29,30)/t14-,15?,18-,20-/m1/s1.